The van der Waals surface area contributed by atoms with Crippen molar-refractivity contribution < 1.29 is 4.79 Å². The number of carbonyl (C=O) groups excluding carboxylic acids is 1. The van der Waals surface area contributed by atoms with Gasteiger partial charge in [0.05, 0.1) is 5.39 Å². The van der Waals surface area contributed by atoms with Crippen molar-refractivity contribution in [3.63, 3.8) is 0 Å². The van der Waals surface area contributed by atoms with Gasteiger partial charge in [-0.3, -0.25) is 9.59 Å². The molecule has 3 atom stereocenters. The molecule has 1 aromatic carbocycles. The summed E-state index contributed by atoms with van der Waals surface area (Å²) in [7, 11) is 1.58. The van der Waals surface area contributed by atoms with E-state index in [4.69, 9.17) is 0 Å². The monoisotopic (exact) mass is 313 g/mol. The number of aryl methyl sites for hydroxylation is 1. The third kappa shape index (κ3) is 2.87. The summed E-state index contributed by atoms with van der Waals surface area (Å²) in [4.78, 5) is 24.9. The Hall–Kier alpha value is -2.17. The van der Waals surface area contributed by atoms with Gasteiger partial charge in [-0.2, -0.15) is 5.10 Å². The smallest absolute Gasteiger partial charge is 0.274 e. The van der Waals surface area contributed by atoms with E-state index in [9.17, 15) is 9.59 Å². The van der Waals surface area contributed by atoms with Crippen LogP contribution in [0, 0.1) is 11.8 Å². The molecule has 1 heterocycles. The first-order chi connectivity index (χ1) is 11.0. The van der Waals surface area contributed by atoms with E-state index in [1.807, 2.05) is 6.07 Å². The third-order valence-electron chi connectivity index (χ3n) is 5.19. The summed E-state index contributed by atoms with van der Waals surface area (Å²) in [5.41, 5.74) is 0.143. The SMILES string of the molecule is CC1CCCC(NC(=O)c2nn(C)c(=O)c3ccccc23)C1C. The Labute approximate surface area is 135 Å². The van der Waals surface area contributed by atoms with Crippen LogP contribution in [0.1, 0.15) is 43.6 Å². The van der Waals surface area contributed by atoms with Crippen molar-refractivity contribution in [3.8, 4) is 0 Å². The highest BCUT2D eigenvalue weighted by molar-refractivity contribution is 6.04. The second-order valence-corrected chi connectivity index (χ2v) is 6.67. The van der Waals surface area contributed by atoms with Crippen molar-refractivity contribution in [1.29, 1.82) is 0 Å². The van der Waals surface area contributed by atoms with Gasteiger partial charge in [0.25, 0.3) is 11.5 Å². The standard InChI is InChI=1S/C18H23N3O2/c1-11-7-6-10-15(12(11)2)19-17(22)16-13-8-4-5-9-14(13)18(23)21(3)20-16/h4-5,8-9,11-12,15H,6-7,10H2,1-3H3,(H,19,22). The molecule has 0 saturated heterocycles. The molecule has 1 N–H and O–H groups in total. The Balaban J connectivity index is 1.95. The quantitative estimate of drug-likeness (QED) is 0.926. The molecule has 3 rings (SSSR count). The van der Waals surface area contributed by atoms with Crippen LogP contribution in [0.3, 0.4) is 0 Å². The lowest BCUT2D eigenvalue weighted by Gasteiger charge is -2.34. The first-order valence-electron chi connectivity index (χ1n) is 8.26. The fourth-order valence-electron chi connectivity index (χ4n) is 3.49. The summed E-state index contributed by atoms with van der Waals surface area (Å²) < 4.78 is 1.24. The molecule has 1 fully saturated rings. The first-order valence-corrected chi connectivity index (χ1v) is 8.26. The molecule has 0 aliphatic heterocycles. The van der Waals surface area contributed by atoms with Crippen molar-refractivity contribution in [1.82, 2.24) is 15.1 Å². The molecule has 1 aliphatic rings. The largest absolute Gasteiger partial charge is 0.348 e. The first kappa shape index (κ1) is 15.7. The van der Waals surface area contributed by atoms with E-state index in [-0.39, 0.29) is 17.5 Å². The van der Waals surface area contributed by atoms with Gasteiger partial charge in [0.15, 0.2) is 5.69 Å². The Morgan fingerprint density at radius 3 is 2.65 bits per heavy atom. The third-order valence-corrected chi connectivity index (χ3v) is 5.19. The molecular weight excluding hydrogens is 290 g/mol. The van der Waals surface area contributed by atoms with Crippen molar-refractivity contribution >= 4 is 16.7 Å². The van der Waals surface area contributed by atoms with Gasteiger partial charge in [-0.05, 0) is 24.3 Å². The zero-order valence-corrected chi connectivity index (χ0v) is 13.9. The summed E-state index contributed by atoms with van der Waals surface area (Å²) in [6, 6.07) is 7.32. The van der Waals surface area contributed by atoms with E-state index >= 15 is 0 Å². The van der Waals surface area contributed by atoms with Crippen LogP contribution in [0.4, 0.5) is 0 Å². The van der Waals surface area contributed by atoms with Crippen LogP contribution in [0.25, 0.3) is 10.8 Å². The van der Waals surface area contributed by atoms with Crippen molar-refractivity contribution in [2.45, 2.75) is 39.2 Å². The van der Waals surface area contributed by atoms with E-state index in [0.717, 1.165) is 12.8 Å². The molecule has 0 bridgehead atoms. The van der Waals surface area contributed by atoms with Crippen molar-refractivity contribution in [3.05, 3.63) is 40.3 Å². The highest BCUT2D eigenvalue weighted by Gasteiger charge is 2.29. The van der Waals surface area contributed by atoms with Crippen molar-refractivity contribution in [2.24, 2.45) is 18.9 Å². The molecule has 1 aliphatic carbocycles. The highest BCUT2D eigenvalue weighted by atomic mass is 16.2. The Morgan fingerprint density at radius 2 is 1.91 bits per heavy atom. The molecule has 122 valence electrons. The summed E-state index contributed by atoms with van der Waals surface area (Å²) in [6.45, 7) is 4.43. The molecular formula is C18H23N3O2. The zero-order valence-electron chi connectivity index (χ0n) is 13.9. The molecule has 0 spiro atoms. The lowest BCUT2D eigenvalue weighted by Crippen LogP contribution is -2.44. The number of fused-ring (bicyclic) bond motifs is 1. The molecule has 2 aromatic rings. The van der Waals surface area contributed by atoms with Gasteiger partial charge in [0, 0.05) is 18.5 Å². The van der Waals surface area contributed by atoms with Gasteiger partial charge in [-0.1, -0.05) is 44.9 Å². The number of aromatic nitrogens is 2. The van der Waals surface area contributed by atoms with Gasteiger partial charge in [0.1, 0.15) is 0 Å². The summed E-state index contributed by atoms with van der Waals surface area (Å²) in [5.74, 6) is 0.869. The van der Waals surface area contributed by atoms with Crippen LogP contribution in [0.15, 0.2) is 29.1 Å². The summed E-state index contributed by atoms with van der Waals surface area (Å²) in [6.07, 6.45) is 3.35. The predicted molar refractivity (Wildman–Crippen MR) is 90.4 cm³/mol. The Kier molecular flexibility index (Phi) is 4.20. The molecule has 1 saturated carbocycles. The molecule has 5 heteroatoms. The van der Waals surface area contributed by atoms with Gasteiger partial charge in [-0.15, -0.1) is 0 Å². The van der Waals surface area contributed by atoms with Crippen LogP contribution >= 0.6 is 0 Å². The average Bonchev–Trinajstić information content (AvgIpc) is 2.55. The van der Waals surface area contributed by atoms with E-state index in [1.165, 1.54) is 11.1 Å². The number of hydrogen-bond acceptors (Lipinski definition) is 3. The number of rotatable bonds is 2. The number of hydrogen-bond donors (Lipinski definition) is 1. The molecule has 23 heavy (non-hydrogen) atoms. The minimum atomic E-state index is -0.192. The maximum Gasteiger partial charge on any atom is 0.274 e. The predicted octanol–water partition coefficient (Wildman–Crippen LogP) is 2.49. The summed E-state index contributed by atoms with van der Waals surface area (Å²) >= 11 is 0. The van der Waals surface area contributed by atoms with E-state index in [1.54, 1.807) is 25.2 Å². The van der Waals surface area contributed by atoms with Crippen LogP contribution in [0.5, 0.6) is 0 Å². The molecule has 0 radical (unpaired) electrons. The topological polar surface area (TPSA) is 64.0 Å². The number of nitrogens with zero attached hydrogens (tertiary/aromatic N) is 2. The minimum absolute atomic E-state index is 0.170. The second-order valence-electron chi connectivity index (χ2n) is 6.67. The second kappa shape index (κ2) is 6.14. The number of benzene rings is 1. The van der Waals surface area contributed by atoms with Gasteiger partial charge < -0.3 is 5.32 Å². The lowest BCUT2D eigenvalue weighted by atomic mass is 9.78. The number of carbonyl (C=O) groups is 1. The normalized spacial score (nSPS) is 24.6. The molecule has 5 nitrogen and oxygen atoms in total. The van der Waals surface area contributed by atoms with Gasteiger partial charge in [0.2, 0.25) is 0 Å². The fourth-order valence-corrected chi connectivity index (χ4v) is 3.49. The number of amides is 1. The summed E-state index contributed by atoms with van der Waals surface area (Å²) in [5, 5.41) is 8.48. The van der Waals surface area contributed by atoms with Gasteiger partial charge in [-0.25, -0.2) is 4.68 Å². The average molecular weight is 313 g/mol. The highest BCUT2D eigenvalue weighted by Crippen LogP contribution is 2.29. The van der Waals surface area contributed by atoms with Crippen LogP contribution in [0.2, 0.25) is 0 Å². The van der Waals surface area contributed by atoms with Crippen LogP contribution in [-0.2, 0) is 7.05 Å². The molecule has 1 amide bonds. The van der Waals surface area contributed by atoms with Gasteiger partial charge >= 0.3 is 0 Å². The molecule has 3 unspecified atom stereocenters. The number of nitrogens with one attached hydrogen (secondary N) is 1. The van der Waals surface area contributed by atoms with E-state index < -0.39 is 0 Å². The maximum atomic E-state index is 12.8. The Bertz CT molecular complexity index is 796. The van der Waals surface area contributed by atoms with E-state index in [2.05, 4.69) is 24.3 Å². The van der Waals surface area contributed by atoms with Crippen LogP contribution in [-0.4, -0.2) is 21.7 Å². The van der Waals surface area contributed by atoms with Crippen molar-refractivity contribution in [2.75, 3.05) is 0 Å². The zero-order chi connectivity index (χ0) is 16.6. The minimum Gasteiger partial charge on any atom is -0.348 e. The van der Waals surface area contributed by atoms with E-state index in [0.29, 0.717) is 28.3 Å². The molecule has 1 aromatic heterocycles. The Morgan fingerprint density at radius 1 is 1.22 bits per heavy atom. The fraction of sp³-hybridized carbons (Fsp3) is 0.500. The maximum absolute atomic E-state index is 12.8. The lowest BCUT2D eigenvalue weighted by molar-refractivity contribution is 0.0885. The van der Waals surface area contributed by atoms with Crippen LogP contribution < -0.4 is 10.9 Å².